The van der Waals surface area contributed by atoms with Crippen LogP contribution in [0.1, 0.15) is 16.1 Å². The van der Waals surface area contributed by atoms with Crippen LogP contribution in [0.3, 0.4) is 0 Å². The van der Waals surface area contributed by atoms with Crippen LogP contribution in [0.4, 0.5) is 15.9 Å². The molecule has 1 aromatic heterocycles. The van der Waals surface area contributed by atoms with E-state index >= 15 is 0 Å². The number of para-hydroxylation sites is 1. The molecular formula is C18H15FN4O. The van der Waals surface area contributed by atoms with E-state index in [9.17, 15) is 9.18 Å². The van der Waals surface area contributed by atoms with Gasteiger partial charge in [-0.05, 0) is 17.7 Å². The maximum Gasteiger partial charge on any atom is 0.275 e. The fourth-order valence-electron chi connectivity index (χ4n) is 2.07. The number of aromatic nitrogens is 2. The summed E-state index contributed by atoms with van der Waals surface area (Å²) in [6.07, 6.45) is 2.82. The van der Waals surface area contributed by atoms with E-state index in [0.717, 1.165) is 5.56 Å². The summed E-state index contributed by atoms with van der Waals surface area (Å²) in [5.74, 6) is -0.455. The second-order valence-corrected chi connectivity index (χ2v) is 5.06. The first-order chi connectivity index (χ1) is 11.7. The summed E-state index contributed by atoms with van der Waals surface area (Å²) in [7, 11) is 0. The molecule has 0 saturated heterocycles. The van der Waals surface area contributed by atoms with E-state index in [4.69, 9.17) is 0 Å². The van der Waals surface area contributed by atoms with Gasteiger partial charge in [-0.1, -0.05) is 42.5 Å². The SMILES string of the molecule is O=C(Nc1ccccc1F)c1cnc(NCc2ccccc2)cn1. The molecule has 1 heterocycles. The molecule has 3 aromatic rings. The normalized spacial score (nSPS) is 10.2. The van der Waals surface area contributed by atoms with E-state index in [2.05, 4.69) is 20.6 Å². The zero-order chi connectivity index (χ0) is 16.8. The molecule has 0 aliphatic rings. The molecular weight excluding hydrogens is 307 g/mol. The molecule has 24 heavy (non-hydrogen) atoms. The Morgan fingerprint density at radius 2 is 1.71 bits per heavy atom. The Bertz CT molecular complexity index is 822. The molecule has 120 valence electrons. The molecule has 0 aliphatic heterocycles. The predicted octanol–water partition coefficient (Wildman–Crippen LogP) is 3.48. The van der Waals surface area contributed by atoms with E-state index in [-0.39, 0.29) is 11.4 Å². The van der Waals surface area contributed by atoms with Crippen molar-refractivity contribution in [2.75, 3.05) is 10.6 Å². The number of hydrogen-bond donors (Lipinski definition) is 2. The third-order valence-corrected chi connectivity index (χ3v) is 3.32. The molecule has 0 atom stereocenters. The van der Waals surface area contributed by atoms with Gasteiger partial charge in [0, 0.05) is 6.54 Å². The molecule has 2 N–H and O–H groups in total. The summed E-state index contributed by atoms with van der Waals surface area (Å²) >= 11 is 0. The van der Waals surface area contributed by atoms with E-state index in [1.54, 1.807) is 12.1 Å². The molecule has 1 amide bonds. The quantitative estimate of drug-likeness (QED) is 0.755. The molecule has 0 saturated carbocycles. The van der Waals surface area contributed by atoms with Gasteiger partial charge in [-0.25, -0.2) is 14.4 Å². The Balaban J connectivity index is 1.61. The van der Waals surface area contributed by atoms with Crippen molar-refractivity contribution < 1.29 is 9.18 Å². The Morgan fingerprint density at radius 3 is 2.42 bits per heavy atom. The van der Waals surface area contributed by atoms with Gasteiger partial charge in [0.15, 0.2) is 0 Å². The lowest BCUT2D eigenvalue weighted by Crippen LogP contribution is -2.15. The van der Waals surface area contributed by atoms with Crippen molar-refractivity contribution in [3.8, 4) is 0 Å². The zero-order valence-corrected chi connectivity index (χ0v) is 12.7. The fraction of sp³-hybridized carbons (Fsp3) is 0.0556. The summed E-state index contributed by atoms with van der Waals surface area (Å²) in [5, 5.41) is 5.59. The van der Waals surface area contributed by atoms with E-state index in [1.165, 1.54) is 24.5 Å². The third kappa shape index (κ3) is 3.92. The van der Waals surface area contributed by atoms with Crippen LogP contribution < -0.4 is 10.6 Å². The predicted molar refractivity (Wildman–Crippen MR) is 90.2 cm³/mol. The Kier molecular flexibility index (Phi) is 4.76. The molecule has 6 heteroatoms. The Morgan fingerprint density at radius 1 is 0.958 bits per heavy atom. The lowest BCUT2D eigenvalue weighted by atomic mass is 10.2. The maximum absolute atomic E-state index is 13.5. The van der Waals surface area contributed by atoms with Crippen molar-refractivity contribution in [3.63, 3.8) is 0 Å². The monoisotopic (exact) mass is 322 g/mol. The maximum atomic E-state index is 13.5. The molecule has 0 fully saturated rings. The van der Waals surface area contributed by atoms with Gasteiger partial charge in [0.2, 0.25) is 0 Å². The number of halogens is 1. The number of anilines is 2. The van der Waals surface area contributed by atoms with Gasteiger partial charge in [-0.15, -0.1) is 0 Å². The number of rotatable bonds is 5. The number of amides is 1. The molecule has 0 radical (unpaired) electrons. The van der Waals surface area contributed by atoms with Gasteiger partial charge >= 0.3 is 0 Å². The third-order valence-electron chi connectivity index (χ3n) is 3.32. The topological polar surface area (TPSA) is 66.9 Å². The molecule has 0 unspecified atom stereocenters. The number of nitrogens with zero attached hydrogens (tertiary/aromatic N) is 2. The van der Waals surface area contributed by atoms with Gasteiger partial charge in [-0.2, -0.15) is 0 Å². The minimum atomic E-state index is -0.512. The minimum absolute atomic E-state index is 0.107. The average molecular weight is 322 g/mol. The van der Waals surface area contributed by atoms with Crippen LogP contribution in [-0.4, -0.2) is 15.9 Å². The van der Waals surface area contributed by atoms with Crippen LogP contribution in [0, 0.1) is 5.82 Å². The minimum Gasteiger partial charge on any atom is -0.365 e. The first-order valence-corrected chi connectivity index (χ1v) is 7.38. The first-order valence-electron chi connectivity index (χ1n) is 7.38. The van der Waals surface area contributed by atoms with Crippen LogP contribution in [0.25, 0.3) is 0 Å². The van der Waals surface area contributed by atoms with Crippen LogP contribution in [-0.2, 0) is 6.54 Å². The summed E-state index contributed by atoms with van der Waals surface area (Å²) in [4.78, 5) is 20.3. The summed E-state index contributed by atoms with van der Waals surface area (Å²) in [6.45, 7) is 0.607. The van der Waals surface area contributed by atoms with Crippen molar-refractivity contribution in [3.05, 3.63) is 84.1 Å². The Labute approximate surface area is 138 Å². The van der Waals surface area contributed by atoms with Crippen LogP contribution >= 0.6 is 0 Å². The van der Waals surface area contributed by atoms with Crippen molar-refractivity contribution in [1.29, 1.82) is 0 Å². The van der Waals surface area contributed by atoms with E-state index in [1.807, 2.05) is 30.3 Å². The lowest BCUT2D eigenvalue weighted by Gasteiger charge is -2.07. The van der Waals surface area contributed by atoms with Gasteiger partial charge < -0.3 is 10.6 Å². The molecule has 2 aromatic carbocycles. The first kappa shape index (κ1) is 15.6. The van der Waals surface area contributed by atoms with E-state index in [0.29, 0.717) is 12.4 Å². The molecule has 0 spiro atoms. The highest BCUT2D eigenvalue weighted by atomic mass is 19.1. The zero-order valence-electron chi connectivity index (χ0n) is 12.7. The highest BCUT2D eigenvalue weighted by Crippen LogP contribution is 2.13. The highest BCUT2D eigenvalue weighted by Gasteiger charge is 2.10. The average Bonchev–Trinajstić information content (AvgIpc) is 2.63. The number of hydrogen-bond acceptors (Lipinski definition) is 4. The van der Waals surface area contributed by atoms with Crippen LogP contribution in [0.2, 0.25) is 0 Å². The smallest absolute Gasteiger partial charge is 0.275 e. The lowest BCUT2D eigenvalue weighted by molar-refractivity contribution is 0.102. The number of benzene rings is 2. The molecule has 0 bridgehead atoms. The summed E-state index contributed by atoms with van der Waals surface area (Å²) < 4.78 is 13.5. The van der Waals surface area contributed by atoms with Crippen molar-refractivity contribution in [2.45, 2.75) is 6.54 Å². The fourth-order valence-corrected chi connectivity index (χ4v) is 2.07. The van der Waals surface area contributed by atoms with Gasteiger partial charge in [-0.3, -0.25) is 4.79 Å². The van der Waals surface area contributed by atoms with Gasteiger partial charge in [0.05, 0.1) is 18.1 Å². The van der Waals surface area contributed by atoms with Crippen LogP contribution in [0.5, 0.6) is 0 Å². The van der Waals surface area contributed by atoms with Gasteiger partial charge in [0.1, 0.15) is 17.3 Å². The number of carbonyl (C=O) groups excluding carboxylic acids is 1. The number of carbonyl (C=O) groups is 1. The van der Waals surface area contributed by atoms with Crippen molar-refractivity contribution >= 4 is 17.4 Å². The number of nitrogens with one attached hydrogen (secondary N) is 2. The summed E-state index contributed by atoms with van der Waals surface area (Å²) in [6, 6.07) is 15.8. The Hall–Kier alpha value is -3.28. The largest absolute Gasteiger partial charge is 0.365 e. The van der Waals surface area contributed by atoms with Crippen molar-refractivity contribution in [2.24, 2.45) is 0 Å². The van der Waals surface area contributed by atoms with E-state index < -0.39 is 11.7 Å². The molecule has 5 nitrogen and oxygen atoms in total. The second kappa shape index (κ2) is 7.32. The van der Waals surface area contributed by atoms with Gasteiger partial charge in [0.25, 0.3) is 5.91 Å². The standard InChI is InChI=1S/C18H15FN4O/c19-14-8-4-5-9-15(14)23-18(24)16-11-22-17(12-20-16)21-10-13-6-2-1-3-7-13/h1-9,11-12H,10H2,(H,21,22)(H,23,24). The summed E-state index contributed by atoms with van der Waals surface area (Å²) in [5.41, 5.74) is 1.33. The van der Waals surface area contributed by atoms with Crippen LogP contribution in [0.15, 0.2) is 67.0 Å². The molecule has 3 rings (SSSR count). The highest BCUT2D eigenvalue weighted by molar-refractivity contribution is 6.02. The second-order valence-electron chi connectivity index (χ2n) is 5.06. The van der Waals surface area contributed by atoms with Crippen molar-refractivity contribution in [1.82, 2.24) is 9.97 Å². The molecule has 0 aliphatic carbocycles.